The Labute approximate surface area is 129 Å². The number of aromatic nitrogens is 1. The summed E-state index contributed by atoms with van der Waals surface area (Å²) in [6, 6.07) is 9.52. The van der Waals surface area contributed by atoms with Gasteiger partial charge in [0.15, 0.2) is 12.4 Å². The lowest BCUT2D eigenvalue weighted by molar-refractivity contribution is -0.684. The number of thiophene rings is 1. The highest BCUT2D eigenvalue weighted by Crippen LogP contribution is 2.20. The first kappa shape index (κ1) is 15.8. The summed E-state index contributed by atoms with van der Waals surface area (Å²) in [6.45, 7) is 0.256. The highest BCUT2D eigenvalue weighted by atomic mass is 79.9. The van der Waals surface area contributed by atoms with Gasteiger partial charge in [0.25, 0.3) is 0 Å². The molecule has 0 fully saturated rings. The number of rotatable bonds is 4. The number of nitrogens with zero attached hydrogens (tertiary/aromatic N) is 2. The van der Waals surface area contributed by atoms with Gasteiger partial charge in [-0.15, -0.1) is 11.3 Å². The number of nitrogens with one attached hydrogen (secondary N) is 1. The Morgan fingerprint density at radius 1 is 1.37 bits per heavy atom. The lowest BCUT2D eigenvalue weighted by atomic mass is 10.4. The maximum absolute atomic E-state index is 11.6. The van der Waals surface area contributed by atoms with Crippen molar-refractivity contribution in [3.8, 4) is 0 Å². The fourth-order valence-electron chi connectivity index (χ4n) is 1.31. The van der Waals surface area contributed by atoms with Crippen LogP contribution in [0, 0.1) is 0 Å². The molecule has 0 aliphatic rings. The average Bonchev–Trinajstić information content (AvgIpc) is 2.76. The summed E-state index contributed by atoms with van der Waals surface area (Å²) < 4.78 is 2.82. The van der Waals surface area contributed by atoms with E-state index in [4.69, 9.17) is 0 Å². The van der Waals surface area contributed by atoms with Gasteiger partial charge in [0.2, 0.25) is 6.54 Å². The van der Waals surface area contributed by atoms with Crippen LogP contribution in [-0.2, 0) is 11.3 Å². The standard InChI is InChI=1S/C12H10BrN3OS.ClH/c13-11-5-4-10(18-11)8-14-15-12(17)9-16-6-2-1-3-7-16;/h1-8H,9H2;1H/b14-8+;. The summed E-state index contributed by atoms with van der Waals surface area (Å²) in [5.41, 5.74) is 2.49. The minimum Gasteiger partial charge on any atom is -1.00 e. The predicted octanol–water partition coefficient (Wildman–Crippen LogP) is -1.05. The smallest absolute Gasteiger partial charge is 0.305 e. The van der Waals surface area contributed by atoms with Crippen LogP contribution in [0.5, 0.6) is 0 Å². The number of pyridine rings is 1. The van der Waals surface area contributed by atoms with Gasteiger partial charge >= 0.3 is 5.91 Å². The van der Waals surface area contributed by atoms with Crippen LogP contribution in [-0.4, -0.2) is 12.1 Å². The third-order valence-electron chi connectivity index (χ3n) is 2.08. The molecule has 1 N–H and O–H groups in total. The summed E-state index contributed by atoms with van der Waals surface area (Å²) >= 11 is 4.92. The Morgan fingerprint density at radius 2 is 2.11 bits per heavy atom. The van der Waals surface area contributed by atoms with Crippen LogP contribution >= 0.6 is 27.3 Å². The van der Waals surface area contributed by atoms with Gasteiger partial charge in [0.05, 0.1) is 10.0 Å². The van der Waals surface area contributed by atoms with Crippen LogP contribution in [0.25, 0.3) is 0 Å². The SMILES string of the molecule is O=C(C[n+]1ccccc1)N/N=C/c1ccc(Br)s1.[Cl-]. The predicted molar refractivity (Wildman–Crippen MR) is 74.4 cm³/mol. The molecular formula is C12H11BrClN3OS. The summed E-state index contributed by atoms with van der Waals surface area (Å²) in [6.07, 6.45) is 5.29. The van der Waals surface area contributed by atoms with E-state index in [0.29, 0.717) is 0 Å². The topological polar surface area (TPSA) is 45.3 Å². The minimum absolute atomic E-state index is 0. The molecule has 100 valence electrons. The van der Waals surface area contributed by atoms with Crippen molar-refractivity contribution in [1.82, 2.24) is 5.43 Å². The molecule has 2 aromatic rings. The van der Waals surface area contributed by atoms with Gasteiger partial charge in [-0.2, -0.15) is 9.67 Å². The molecule has 2 rings (SSSR count). The number of hydrazone groups is 1. The van der Waals surface area contributed by atoms with Crippen molar-refractivity contribution < 1.29 is 21.8 Å². The summed E-state index contributed by atoms with van der Waals surface area (Å²) in [5.74, 6) is -0.155. The van der Waals surface area contributed by atoms with Gasteiger partial charge < -0.3 is 12.4 Å². The van der Waals surface area contributed by atoms with E-state index in [0.717, 1.165) is 8.66 Å². The minimum atomic E-state index is -0.155. The first-order chi connectivity index (χ1) is 8.74. The monoisotopic (exact) mass is 359 g/mol. The molecule has 19 heavy (non-hydrogen) atoms. The Kier molecular flexibility index (Phi) is 6.69. The second-order valence-corrected chi connectivity index (χ2v) is 5.98. The van der Waals surface area contributed by atoms with Crippen molar-refractivity contribution in [2.24, 2.45) is 5.10 Å². The molecule has 0 spiro atoms. The molecule has 2 aromatic heterocycles. The molecule has 0 bridgehead atoms. The van der Waals surface area contributed by atoms with Gasteiger partial charge in [-0.25, -0.2) is 5.43 Å². The molecule has 4 nitrogen and oxygen atoms in total. The summed E-state index contributed by atoms with van der Waals surface area (Å²) in [5, 5.41) is 3.90. The quantitative estimate of drug-likeness (QED) is 0.422. The van der Waals surface area contributed by atoms with E-state index in [1.165, 1.54) is 0 Å². The van der Waals surface area contributed by atoms with Crippen molar-refractivity contribution >= 4 is 39.4 Å². The van der Waals surface area contributed by atoms with E-state index in [9.17, 15) is 4.79 Å². The number of amides is 1. The Balaban J connectivity index is 0.00000180. The fourth-order valence-corrected chi connectivity index (χ4v) is 2.60. The maximum atomic E-state index is 11.6. The van der Waals surface area contributed by atoms with Crippen LogP contribution in [0.2, 0.25) is 0 Å². The number of hydrogen-bond donors (Lipinski definition) is 1. The highest BCUT2D eigenvalue weighted by molar-refractivity contribution is 9.11. The Bertz CT molecular complexity index is 559. The summed E-state index contributed by atoms with van der Waals surface area (Å²) in [7, 11) is 0. The number of hydrogen-bond acceptors (Lipinski definition) is 3. The highest BCUT2D eigenvalue weighted by Gasteiger charge is 2.06. The van der Waals surface area contributed by atoms with E-state index < -0.39 is 0 Å². The molecule has 1 amide bonds. The molecule has 0 radical (unpaired) electrons. The van der Waals surface area contributed by atoms with Crippen molar-refractivity contribution in [3.05, 3.63) is 51.4 Å². The lowest BCUT2D eigenvalue weighted by Gasteiger charge is -1.95. The van der Waals surface area contributed by atoms with Crippen molar-refractivity contribution in [2.45, 2.75) is 6.54 Å². The largest absolute Gasteiger partial charge is 1.00 e. The van der Waals surface area contributed by atoms with E-state index in [2.05, 4.69) is 26.5 Å². The van der Waals surface area contributed by atoms with Gasteiger partial charge in [0.1, 0.15) is 0 Å². The zero-order valence-electron chi connectivity index (χ0n) is 9.79. The molecule has 7 heteroatoms. The Hall–Kier alpha value is -1.24. The third kappa shape index (κ3) is 5.50. The molecule has 0 unspecified atom stereocenters. The zero-order chi connectivity index (χ0) is 12.8. The number of halogens is 2. The first-order valence-corrected chi connectivity index (χ1v) is 6.86. The van der Waals surface area contributed by atoms with E-state index in [1.807, 2.05) is 42.7 Å². The molecule has 0 saturated heterocycles. The molecule has 0 aliphatic heterocycles. The second-order valence-electron chi connectivity index (χ2n) is 3.48. The van der Waals surface area contributed by atoms with Gasteiger partial charge in [0, 0.05) is 17.0 Å². The zero-order valence-corrected chi connectivity index (χ0v) is 13.0. The first-order valence-electron chi connectivity index (χ1n) is 5.25. The fraction of sp³-hybridized carbons (Fsp3) is 0.0833. The van der Waals surface area contributed by atoms with Crippen LogP contribution in [0.1, 0.15) is 4.88 Å². The van der Waals surface area contributed by atoms with Crippen molar-refractivity contribution in [1.29, 1.82) is 0 Å². The van der Waals surface area contributed by atoms with Gasteiger partial charge in [-0.1, -0.05) is 6.07 Å². The molecular weight excluding hydrogens is 350 g/mol. The lowest BCUT2D eigenvalue weighted by Crippen LogP contribution is -3.00. The van der Waals surface area contributed by atoms with E-state index >= 15 is 0 Å². The number of carbonyl (C=O) groups excluding carboxylic acids is 1. The van der Waals surface area contributed by atoms with Crippen molar-refractivity contribution in [3.63, 3.8) is 0 Å². The maximum Gasteiger partial charge on any atom is 0.305 e. The molecule has 0 aliphatic carbocycles. The van der Waals surface area contributed by atoms with Crippen LogP contribution < -0.4 is 22.4 Å². The van der Waals surface area contributed by atoms with E-state index in [-0.39, 0.29) is 24.9 Å². The van der Waals surface area contributed by atoms with Gasteiger partial charge in [-0.3, -0.25) is 4.79 Å². The van der Waals surface area contributed by atoms with Gasteiger partial charge in [-0.05, 0) is 28.1 Å². The number of carbonyl (C=O) groups is 1. The van der Waals surface area contributed by atoms with Crippen LogP contribution in [0.3, 0.4) is 0 Å². The normalized spacial score (nSPS) is 10.2. The second kappa shape index (κ2) is 8.04. The van der Waals surface area contributed by atoms with Crippen LogP contribution in [0.15, 0.2) is 51.6 Å². The summed E-state index contributed by atoms with van der Waals surface area (Å²) in [4.78, 5) is 12.5. The van der Waals surface area contributed by atoms with Crippen LogP contribution in [0.4, 0.5) is 0 Å². The van der Waals surface area contributed by atoms with E-state index in [1.54, 1.807) is 22.1 Å². The molecule has 2 heterocycles. The van der Waals surface area contributed by atoms with Crippen molar-refractivity contribution in [2.75, 3.05) is 0 Å². The Morgan fingerprint density at radius 3 is 2.74 bits per heavy atom. The third-order valence-corrected chi connectivity index (χ3v) is 3.64. The molecule has 0 aromatic carbocycles. The molecule has 0 atom stereocenters. The molecule has 0 saturated carbocycles. The average molecular weight is 361 g/mol.